The number of rotatable bonds is 6. The zero-order valence-corrected chi connectivity index (χ0v) is 31.8. The fraction of sp³-hybridized carbons (Fsp3) is 0.0556. The minimum Gasteiger partial charge on any atom is -0.453 e. The minimum absolute atomic E-state index is 0.107. The molecule has 0 N–H and O–H groups in total. The predicted molar refractivity (Wildman–Crippen MR) is 236 cm³/mol. The van der Waals surface area contributed by atoms with E-state index in [0.717, 1.165) is 78.6 Å². The van der Waals surface area contributed by atoms with Crippen molar-refractivity contribution in [1.82, 2.24) is 0 Å². The molecule has 1 heterocycles. The van der Waals surface area contributed by atoms with Crippen LogP contribution in [0.5, 0.6) is 11.5 Å². The average molecular weight is 734 g/mol. The van der Waals surface area contributed by atoms with Gasteiger partial charge in [-0.1, -0.05) is 152 Å². The van der Waals surface area contributed by atoms with Crippen molar-refractivity contribution < 1.29 is 9.53 Å². The third-order valence-electron chi connectivity index (χ3n) is 11.6. The lowest BCUT2D eigenvalue weighted by Gasteiger charge is -2.33. The van der Waals surface area contributed by atoms with Gasteiger partial charge in [0.1, 0.15) is 0 Å². The molecular weight excluding hydrogens is 695 g/mol. The number of anilines is 3. The number of ether oxygens (including phenoxy) is 1. The first kappa shape index (κ1) is 34.3. The largest absolute Gasteiger partial charge is 0.453 e. The van der Waals surface area contributed by atoms with Crippen LogP contribution in [0.3, 0.4) is 0 Å². The molecule has 0 spiro atoms. The van der Waals surface area contributed by atoms with Crippen LogP contribution in [-0.2, 0) is 10.2 Å². The molecule has 3 nitrogen and oxygen atoms in total. The number of hydrogen-bond acceptors (Lipinski definition) is 3. The van der Waals surface area contributed by atoms with E-state index in [9.17, 15) is 4.79 Å². The zero-order valence-electron chi connectivity index (χ0n) is 31.8. The topological polar surface area (TPSA) is 29.5 Å². The van der Waals surface area contributed by atoms with Crippen LogP contribution in [0.15, 0.2) is 200 Å². The summed E-state index contributed by atoms with van der Waals surface area (Å²) in [5, 5.41) is 2.43. The second-order valence-corrected chi connectivity index (χ2v) is 15.1. The summed E-state index contributed by atoms with van der Waals surface area (Å²) in [5.74, 6) is 1.73. The quantitative estimate of drug-likeness (QED) is 0.170. The van der Waals surface area contributed by atoms with Crippen LogP contribution in [-0.4, -0.2) is 5.78 Å². The van der Waals surface area contributed by atoms with Crippen molar-refractivity contribution in [2.45, 2.75) is 19.3 Å². The zero-order chi connectivity index (χ0) is 38.5. The number of fused-ring (bicyclic) bond motifs is 3. The molecule has 3 heteroatoms. The number of benzene rings is 8. The minimum atomic E-state index is -0.665. The number of nitrogens with zero attached hydrogens (tertiary/aromatic N) is 1. The van der Waals surface area contributed by atoms with Gasteiger partial charge in [-0.05, 0) is 129 Å². The van der Waals surface area contributed by atoms with Crippen molar-refractivity contribution >= 4 is 33.6 Å². The Kier molecular flexibility index (Phi) is 8.30. The van der Waals surface area contributed by atoms with E-state index in [4.69, 9.17) is 4.74 Å². The molecule has 8 aromatic rings. The maximum absolute atomic E-state index is 13.0. The lowest BCUT2D eigenvalue weighted by Crippen LogP contribution is -2.31. The highest BCUT2D eigenvalue weighted by Gasteiger charge is 2.33. The highest BCUT2D eigenvalue weighted by atomic mass is 16.5. The molecule has 272 valence electrons. The summed E-state index contributed by atoms with van der Waals surface area (Å²) in [6, 6.07) is 62.4. The lowest BCUT2D eigenvalue weighted by molar-refractivity contribution is -0.118. The molecule has 2 aliphatic rings. The molecule has 1 aliphatic heterocycles. The Morgan fingerprint density at radius 3 is 1.81 bits per heavy atom. The van der Waals surface area contributed by atoms with Gasteiger partial charge in [-0.3, -0.25) is 4.79 Å². The fourth-order valence-electron chi connectivity index (χ4n) is 8.43. The van der Waals surface area contributed by atoms with E-state index in [2.05, 4.69) is 182 Å². The lowest BCUT2D eigenvalue weighted by atomic mass is 9.74. The summed E-state index contributed by atoms with van der Waals surface area (Å²) in [4.78, 5) is 15.3. The molecule has 0 bridgehead atoms. The number of allylic oxidation sites excluding steroid dienone is 4. The smallest absolute Gasteiger partial charge is 0.169 e. The molecule has 10 rings (SSSR count). The molecule has 57 heavy (non-hydrogen) atoms. The Morgan fingerprint density at radius 2 is 1.07 bits per heavy atom. The average Bonchev–Trinajstić information content (AvgIpc) is 3.26. The number of carbonyl (C=O) groups is 1. The van der Waals surface area contributed by atoms with Crippen molar-refractivity contribution in [3.8, 4) is 56.0 Å². The molecular formula is C54H39NO2. The Balaban J connectivity index is 0.995. The van der Waals surface area contributed by atoms with E-state index in [0.29, 0.717) is 0 Å². The standard InChI is InChI=1S/C54H39NO2/c1-36-18-19-42(33-48(36)54(2)32-9-8-17-53(54)56)40-22-20-38(21-23-40)39-24-28-45(29-25-39)55-49-30-26-43(37-11-4-3-5-12-37)34-51(49)57-52-35-44(27-31-50(52)55)47-16-10-14-41-13-6-7-15-46(41)47/h3-35H,1-2H3. The first-order valence-corrected chi connectivity index (χ1v) is 19.4. The van der Waals surface area contributed by atoms with Crippen LogP contribution in [0, 0.1) is 6.92 Å². The van der Waals surface area contributed by atoms with Gasteiger partial charge in [-0.2, -0.15) is 0 Å². The summed E-state index contributed by atoms with van der Waals surface area (Å²) >= 11 is 0. The molecule has 1 unspecified atom stereocenters. The van der Waals surface area contributed by atoms with E-state index in [-0.39, 0.29) is 5.78 Å². The third-order valence-corrected chi connectivity index (χ3v) is 11.6. The van der Waals surface area contributed by atoms with Crippen molar-refractivity contribution in [2.24, 2.45) is 0 Å². The van der Waals surface area contributed by atoms with Gasteiger partial charge in [0.05, 0.1) is 16.8 Å². The Morgan fingerprint density at radius 1 is 0.509 bits per heavy atom. The molecule has 0 saturated carbocycles. The van der Waals surface area contributed by atoms with Gasteiger partial charge in [-0.15, -0.1) is 0 Å². The molecule has 0 aromatic heterocycles. The van der Waals surface area contributed by atoms with E-state index >= 15 is 0 Å². The molecule has 0 saturated heterocycles. The summed E-state index contributed by atoms with van der Waals surface area (Å²) in [6.45, 7) is 4.09. The fourth-order valence-corrected chi connectivity index (χ4v) is 8.43. The number of hydrogen-bond donors (Lipinski definition) is 0. The van der Waals surface area contributed by atoms with E-state index in [1.165, 1.54) is 16.3 Å². The first-order valence-electron chi connectivity index (χ1n) is 19.4. The van der Waals surface area contributed by atoms with Gasteiger partial charge >= 0.3 is 0 Å². The maximum atomic E-state index is 13.0. The summed E-state index contributed by atoms with van der Waals surface area (Å²) in [7, 11) is 0. The predicted octanol–water partition coefficient (Wildman–Crippen LogP) is 14.3. The maximum Gasteiger partial charge on any atom is 0.169 e. The highest BCUT2D eigenvalue weighted by Crippen LogP contribution is 2.52. The van der Waals surface area contributed by atoms with Gasteiger partial charge < -0.3 is 9.64 Å². The highest BCUT2D eigenvalue weighted by molar-refractivity contribution is 6.02. The van der Waals surface area contributed by atoms with E-state index in [1.807, 2.05) is 31.2 Å². The SMILES string of the molecule is Cc1ccc(-c2ccc(-c3ccc(N4c5ccc(-c6ccccc6)cc5Oc5cc(-c6cccc7ccccc67)ccc54)cc3)cc2)cc1C1(C)C=CC=CC1=O. The van der Waals surface area contributed by atoms with Gasteiger partial charge in [0.25, 0.3) is 0 Å². The van der Waals surface area contributed by atoms with Crippen LogP contribution in [0.1, 0.15) is 18.1 Å². The molecule has 0 amide bonds. The Hall–Kier alpha value is -7.23. The number of ketones is 1. The Labute approximate surface area is 333 Å². The summed E-state index contributed by atoms with van der Waals surface area (Å²) in [5.41, 5.74) is 13.5. The monoisotopic (exact) mass is 733 g/mol. The summed E-state index contributed by atoms with van der Waals surface area (Å²) in [6.07, 6.45) is 7.47. The van der Waals surface area contributed by atoms with Gasteiger partial charge in [0, 0.05) is 5.69 Å². The van der Waals surface area contributed by atoms with Crippen LogP contribution in [0.2, 0.25) is 0 Å². The van der Waals surface area contributed by atoms with E-state index in [1.54, 1.807) is 6.08 Å². The van der Waals surface area contributed by atoms with Crippen molar-refractivity contribution in [3.63, 3.8) is 0 Å². The molecule has 8 aromatic carbocycles. The van der Waals surface area contributed by atoms with Crippen molar-refractivity contribution in [2.75, 3.05) is 4.90 Å². The molecule has 0 radical (unpaired) electrons. The second-order valence-electron chi connectivity index (χ2n) is 15.1. The van der Waals surface area contributed by atoms with Crippen LogP contribution >= 0.6 is 0 Å². The van der Waals surface area contributed by atoms with E-state index < -0.39 is 5.41 Å². The van der Waals surface area contributed by atoms with Gasteiger partial charge in [-0.25, -0.2) is 0 Å². The van der Waals surface area contributed by atoms with Crippen molar-refractivity contribution in [3.05, 3.63) is 211 Å². The molecule has 1 aliphatic carbocycles. The molecule has 0 fully saturated rings. The second kappa shape index (κ2) is 13.8. The van der Waals surface area contributed by atoms with Crippen LogP contribution in [0.25, 0.3) is 55.3 Å². The number of aryl methyl sites for hydroxylation is 1. The molecule has 1 atom stereocenters. The van der Waals surface area contributed by atoms with Gasteiger partial charge in [0.2, 0.25) is 0 Å². The first-order chi connectivity index (χ1) is 27.9. The third kappa shape index (κ3) is 6.05. The van der Waals surface area contributed by atoms with Gasteiger partial charge in [0.15, 0.2) is 17.3 Å². The number of carbonyl (C=O) groups excluding carboxylic acids is 1. The van der Waals surface area contributed by atoms with Crippen LogP contribution in [0.4, 0.5) is 17.1 Å². The normalized spacial score (nSPS) is 15.6. The van der Waals surface area contributed by atoms with Crippen molar-refractivity contribution in [1.29, 1.82) is 0 Å². The summed E-state index contributed by atoms with van der Waals surface area (Å²) < 4.78 is 6.80. The Bertz CT molecular complexity index is 2900. The van der Waals surface area contributed by atoms with Crippen LogP contribution < -0.4 is 9.64 Å².